The van der Waals surface area contributed by atoms with E-state index in [1.54, 1.807) is 17.0 Å². The fraction of sp³-hybridized carbons (Fsp3) is 0.526. The Kier molecular flexibility index (Phi) is 5.23. The van der Waals surface area contributed by atoms with Gasteiger partial charge in [0.1, 0.15) is 0 Å². The minimum Gasteiger partial charge on any atom is -0.469 e. The fourth-order valence-corrected chi connectivity index (χ4v) is 3.80. The first-order valence-corrected chi connectivity index (χ1v) is 9.09. The normalized spacial score (nSPS) is 23.4. The zero-order valence-corrected chi connectivity index (χ0v) is 15.7. The summed E-state index contributed by atoms with van der Waals surface area (Å²) in [5.41, 5.74) is 0.379. The number of nitrogens with zero attached hydrogens (tertiary/aromatic N) is 1. The van der Waals surface area contributed by atoms with Gasteiger partial charge in [0.05, 0.1) is 18.4 Å². The number of esters is 1. The second-order valence-corrected chi connectivity index (χ2v) is 7.76. The lowest BCUT2D eigenvalue weighted by Crippen LogP contribution is -2.66. The quantitative estimate of drug-likeness (QED) is 0.793. The molecule has 2 fully saturated rings. The molecule has 3 rings (SSSR count). The predicted octanol–water partition coefficient (Wildman–Crippen LogP) is 1.80. The third kappa shape index (κ3) is 3.70. The van der Waals surface area contributed by atoms with Gasteiger partial charge in [0, 0.05) is 31.1 Å². The molecule has 6 nitrogen and oxygen atoms in total. The maximum Gasteiger partial charge on any atom is 0.308 e. The molecule has 0 unspecified atom stereocenters. The highest BCUT2D eigenvalue weighted by Gasteiger charge is 2.51. The molecule has 2 amide bonds. The number of likely N-dealkylation sites (tertiary alicyclic amines) is 1. The topological polar surface area (TPSA) is 75.7 Å². The van der Waals surface area contributed by atoms with Crippen molar-refractivity contribution in [2.24, 2.45) is 11.3 Å². The number of amides is 2. The Bertz CT molecular complexity index is 707. The van der Waals surface area contributed by atoms with Gasteiger partial charge in [-0.1, -0.05) is 23.7 Å². The van der Waals surface area contributed by atoms with Crippen molar-refractivity contribution in [2.45, 2.75) is 32.2 Å². The molecule has 0 aromatic heterocycles. The molecule has 1 aliphatic carbocycles. The highest BCUT2D eigenvalue weighted by molar-refractivity contribution is 6.30. The highest BCUT2D eigenvalue weighted by Crippen LogP contribution is 2.37. The number of halogens is 1. The van der Waals surface area contributed by atoms with Crippen LogP contribution in [0, 0.1) is 11.3 Å². The lowest BCUT2D eigenvalue weighted by molar-refractivity contribution is -0.156. The largest absolute Gasteiger partial charge is 0.469 e. The van der Waals surface area contributed by atoms with Crippen LogP contribution in [-0.4, -0.2) is 48.9 Å². The van der Waals surface area contributed by atoms with Gasteiger partial charge in [-0.25, -0.2) is 0 Å². The summed E-state index contributed by atoms with van der Waals surface area (Å²) in [5, 5.41) is 3.70. The van der Waals surface area contributed by atoms with Crippen LogP contribution in [0.1, 0.15) is 25.3 Å². The molecule has 26 heavy (non-hydrogen) atoms. The summed E-state index contributed by atoms with van der Waals surface area (Å²) in [4.78, 5) is 37.7. The third-order valence-corrected chi connectivity index (χ3v) is 5.63. The van der Waals surface area contributed by atoms with Gasteiger partial charge in [-0.15, -0.1) is 0 Å². The molecule has 0 bridgehead atoms. The summed E-state index contributed by atoms with van der Waals surface area (Å²) in [6.45, 7) is 2.32. The molecule has 0 atom stereocenters. The number of carbonyl (C=O) groups excluding carboxylic acids is 3. The number of nitrogens with one attached hydrogen (secondary N) is 1. The number of methoxy groups -OCH3 is 1. The molecule has 1 aromatic carbocycles. The first-order valence-electron chi connectivity index (χ1n) is 8.72. The summed E-state index contributed by atoms with van der Waals surface area (Å²) in [7, 11) is 1.38. The second kappa shape index (κ2) is 7.27. The molecule has 1 aliphatic heterocycles. The smallest absolute Gasteiger partial charge is 0.308 e. The van der Waals surface area contributed by atoms with Crippen molar-refractivity contribution >= 4 is 29.4 Å². The molecule has 0 spiro atoms. The number of benzene rings is 1. The molecular formula is C19H23ClN2O4. The van der Waals surface area contributed by atoms with E-state index in [1.807, 2.05) is 12.1 Å². The van der Waals surface area contributed by atoms with E-state index < -0.39 is 5.41 Å². The maximum atomic E-state index is 12.9. The SMILES string of the molecule is COC(=O)C1CC(NC(=O)C2(Cc3ccc(Cl)cc3)CN(C(C)=O)C2)C1. The summed E-state index contributed by atoms with van der Waals surface area (Å²) in [6, 6.07) is 7.41. The van der Waals surface area contributed by atoms with Crippen molar-refractivity contribution in [3.63, 3.8) is 0 Å². The van der Waals surface area contributed by atoms with Gasteiger partial charge in [0.2, 0.25) is 11.8 Å². The second-order valence-electron chi connectivity index (χ2n) is 7.32. The van der Waals surface area contributed by atoms with E-state index in [0.29, 0.717) is 37.4 Å². The van der Waals surface area contributed by atoms with Gasteiger partial charge in [-0.05, 0) is 37.0 Å². The molecule has 1 saturated heterocycles. The molecule has 1 saturated carbocycles. The molecule has 0 radical (unpaired) electrons. The monoisotopic (exact) mass is 378 g/mol. The van der Waals surface area contributed by atoms with Crippen molar-refractivity contribution in [2.75, 3.05) is 20.2 Å². The lowest BCUT2D eigenvalue weighted by Gasteiger charge is -2.49. The minimum absolute atomic E-state index is 0.0138. The van der Waals surface area contributed by atoms with E-state index in [1.165, 1.54) is 14.0 Å². The number of carbonyl (C=O) groups is 3. The van der Waals surface area contributed by atoms with Crippen LogP contribution in [0.25, 0.3) is 0 Å². The van der Waals surface area contributed by atoms with Gasteiger partial charge >= 0.3 is 5.97 Å². The van der Waals surface area contributed by atoms with Gasteiger partial charge in [0.25, 0.3) is 0 Å². The first kappa shape index (κ1) is 18.7. The summed E-state index contributed by atoms with van der Waals surface area (Å²) in [6.07, 6.45) is 1.75. The van der Waals surface area contributed by atoms with Crippen LogP contribution < -0.4 is 5.32 Å². The predicted molar refractivity (Wildman–Crippen MR) is 96.5 cm³/mol. The molecule has 7 heteroatoms. The van der Waals surface area contributed by atoms with Crippen molar-refractivity contribution < 1.29 is 19.1 Å². The van der Waals surface area contributed by atoms with Crippen LogP contribution in [0.3, 0.4) is 0 Å². The Morgan fingerprint density at radius 3 is 2.38 bits per heavy atom. The average molecular weight is 379 g/mol. The minimum atomic E-state index is -0.629. The van der Waals surface area contributed by atoms with E-state index in [-0.39, 0.29) is 29.7 Å². The molecule has 1 heterocycles. The zero-order chi connectivity index (χ0) is 18.9. The Hall–Kier alpha value is -2.08. The Balaban J connectivity index is 1.64. The van der Waals surface area contributed by atoms with Crippen LogP contribution in [0.2, 0.25) is 5.02 Å². The summed E-state index contributed by atoms with van der Waals surface area (Å²) < 4.78 is 4.73. The van der Waals surface area contributed by atoms with Crippen LogP contribution in [0.15, 0.2) is 24.3 Å². The van der Waals surface area contributed by atoms with E-state index in [2.05, 4.69) is 5.32 Å². The van der Waals surface area contributed by atoms with E-state index in [9.17, 15) is 14.4 Å². The number of hydrogen-bond acceptors (Lipinski definition) is 4. The average Bonchev–Trinajstić information content (AvgIpc) is 2.54. The van der Waals surface area contributed by atoms with Crippen molar-refractivity contribution in [1.29, 1.82) is 0 Å². The van der Waals surface area contributed by atoms with Crippen molar-refractivity contribution in [3.05, 3.63) is 34.9 Å². The molecular weight excluding hydrogens is 356 g/mol. The molecule has 140 valence electrons. The molecule has 2 aliphatic rings. The lowest BCUT2D eigenvalue weighted by atomic mass is 9.72. The molecule has 1 N–H and O–H groups in total. The number of ether oxygens (including phenoxy) is 1. The van der Waals surface area contributed by atoms with E-state index >= 15 is 0 Å². The third-order valence-electron chi connectivity index (χ3n) is 5.38. The van der Waals surface area contributed by atoms with Crippen molar-refractivity contribution in [3.8, 4) is 0 Å². The first-order chi connectivity index (χ1) is 12.3. The Morgan fingerprint density at radius 1 is 1.23 bits per heavy atom. The van der Waals surface area contributed by atoms with Gasteiger partial charge < -0.3 is 15.0 Å². The van der Waals surface area contributed by atoms with Gasteiger partial charge in [-0.2, -0.15) is 0 Å². The van der Waals surface area contributed by atoms with Gasteiger partial charge in [-0.3, -0.25) is 14.4 Å². The van der Waals surface area contributed by atoms with Crippen molar-refractivity contribution in [1.82, 2.24) is 10.2 Å². The number of rotatable bonds is 5. The van der Waals surface area contributed by atoms with E-state index in [0.717, 1.165) is 5.56 Å². The fourth-order valence-electron chi connectivity index (χ4n) is 3.67. The van der Waals surface area contributed by atoms with E-state index in [4.69, 9.17) is 16.3 Å². The summed E-state index contributed by atoms with van der Waals surface area (Å²) >= 11 is 5.93. The van der Waals surface area contributed by atoms with Crippen LogP contribution >= 0.6 is 11.6 Å². The Morgan fingerprint density at radius 2 is 1.85 bits per heavy atom. The highest BCUT2D eigenvalue weighted by atomic mass is 35.5. The number of hydrogen-bond donors (Lipinski definition) is 1. The van der Waals surface area contributed by atoms with Gasteiger partial charge in [0.15, 0.2) is 0 Å². The van der Waals surface area contributed by atoms with Crippen LogP contribution in [-0.2, 0) is 25.5 Å². The van der Waals surface area contributed by atoms with Crippen LogP contribution in [0.5, 0.6) is 0 Å². The standard InChI is InChI=1S/C19H23ClN2O4/c1-12(23)22-10-19(11-22,9-13-3-5-15(20)6-4-13)18(25)21-16-7-14(8-16)17(24)26-2/h3-6,14,16H,7-11H2,1-2H3,(H,21,25). The Labute approximate surface area is 157 Å². The van der Waals surface area contributed by atoms with Crippen LogP contribution in [0.4, 0.5) is 0 Å². The maximum absolute atomic E-state index is 12.9. The molecule has 1 aromatic rings. The summed E-state index contributed by atoms with van der Waals surface area (Å²) in [5.74, 6) is -0.442. The zero-order valence-electron chi connectivity index (χ0n) is 15.0.